The van der Waals surface area contributed by atoms with Crippen molar-refractivity contribution in [3.05, 3.63) is 44.9 Å². The molecule has 1 aromatic heterocycles. The Morgan fingerprint density at radius 2 is 1.53 bits per heavy atom. The van der Waals surface area contributed by atoms with Gasteiger partial charge in [0, 0.05) is 24.1 Å². The largest absolute Gasteiger partial charge is 1.00 e. The van der Waals surface area contributed by atoms with E-state index in [1.54, 1.807) is 0 Å². The van der Waals surface area contributed by atoms with Crippen LogP contribution in [0.5, 0.6) is 0 Å². The van der Waals surface area contributed by atoms with Crippen LogP contribution in [0.3, 0.4) is 0 Å². The third-order valence-corrected chi connectivity index (χ3v) is 8.24. The third kappa shape index (κ3) is 10.1. The van der Waals surface area contributed by atoms with Crippen LogP contribution >= 0.6 is 11.3 Å². The second kappa shape index (κ2) is 17.1. The van der Waals surface area contributed by atoms with E-state index < -0.39 is 0 Å². The molecule has 0 radical (unpaired) electrons. The van der Waals surface area contributed by atoms with Crippen LogP contribution in [0, 0.1) is 0 Å². The summed E-state index contributed by atoms with van der Waals surface area (Å²) in [7, 11) is 0. The van der Waals surface area contributed by atoms with Gasteiger partial charge in [0.15, 0.2) is 11.5 Å². The second-order valence-electron chi connectivity index (χ2n) is 10.1. The molecule has 2 aromatic rings. The Balaban J connectivity index is 0.00000456. The van der Waals surface area contributed by atoms with E-state index in [2.05, 4.69) is 24.1 Å². The van der Waals surface area contributed by atoms with E-state index in [1.165, 1.54) is 87.6 Å². The molecule has 1 aromatic carbocycles. The van der Waals surface area contributed by atoms with Crippen molar-refractivity contribution in [2.24, 2.45) is 0 Å². The van der Waals surface area contributed by atoms with Gasteiger partial charge in [0.25, 0.3) is 0 Å². The lowest BCUT2D eigenvalue weighted by Crippen LogP contribution is -3.00. The number of aromatic amines is 1. The van der Waals surface area contributed by atoms with Crippen LogP contribution in [0.15, 0.2) is 18.2 Å². The number of Topliss-reactive ketones (excluding diaryl/α,β-unsaturated/α-hetero) is 1. The molecular weight excluding hydrogens is 532 g/mol. The van der Waals surface area contributed by atoms with Crippen LogP contribution in [0.2, 0.25) is 0 Å². The normalized spacial score (nSPS) is 12.7. The summed E-state index contributed by atoms with van der Waals surface area (Å²) in [5.41, 5.74) is 4.03. The lowest BCUT2D eigenvalue weighted by molar-refractivity contribution is -0.393. The monoisotopic (exact) mass is 576 g/mol. The Morgan fingerprint density at radius 3 is 2.22 bits per heavy atom. The van der Waals surface area contributed by atoms with E-state index in [4.69, 9.17) is 0 Å². The van der Waals surface area contributed by atoms with Crippen molar-refractivity contribution in [1.82, 2.24) is 0 Å². The number of hydrogen-bond donors (Lipinski definition) is 1. The third-order valence-electron chi connectivity index (χ3n) is 7.05. The van der Waals surface area contributed by atoms with Gasteiger partial charge >= 0.3 is 0 Å². The van der Waals surface area contributed by atoms with Crippen molar-refractivity contribution in [2.75, 3.05) is 5.32 Å². The fourth-order valence-electron chi connectivity index (χ4n) is 4.91. The zero-order chi connectivity index (χ0) is 24.9. The van der Waals surface area contributed by atoms with Crippen molar-refractivity contribution < 1.29 is 31.6 Å². The number of carbonyl (C=O) groups is 2. The summed E-state index contributed by atoms with van der Waals surface area (Å²) in [6.45, 7) is 4.53. The van der Waals surface area contributed by atoms with Gasteiger partial charge in [-0.3, -0.25) is 9.59 Å². The van der Waals surface area contributed by atoms with Crippen molar-refractivity contribution in [3.8, 4) is 0 Å². The zero-order valence-corrected chi connectivity index (χ0v) is 24.8. The summed E-state index contributed by atoms with van der Waals surface area (Å²) in [5, 5.41) is 3.99. The number of unbranched alkanes of at least 4 members (excludes halogenated alkanes) is 10. The molecule has 0 unspecified atom stereocenters. The summed E-state index contributed by atoms with van der Waals surface area (Å²) >= 11 is 1.82. The molecule has 1 aliphatic rings. The molecule has 2 heterocycles. The molecule has 36 heavy (non-hydrogen) atoms. The fourth-order valence-corrected chi connectivity index (χ4v) is 6.11. The SMILES string of the molecule is CCCCCCCCc1[nH+]c(CC(=O)c2ccc3c(c2)CCC(=O)N3)sc1CCCCCCCC.[Br-]. The van der Waals surface area contributed by atoms with Crippen LogP contribution in [-0.2, 0) is 30.5 Å². The number of benzene rings is 1. The molecule has 0 fully saturated rings. The number of aromatic nitrogens is 1. The van der Waals surface area contributed by atoms with Gasteiger partial charge in [-0.1, -0.05) is 89.4 Å². The molecule has 200 valence electrons. The maximum absolute atomic E-state index is 13.1. The van der Waals surface area contributed by atoms with Gasteiger partial charge in [-0.2, -0.15) is 0 Å². The van der Waals surface area contributed by atoms with Crippen molar-refractivity contribution in [3.63, 3.8) is 0 Å². The van der Waals surface area contributed by atoms with E-state index in [-0.39, 0.29) is 28.7 Å². The second-order valence-corrected chi connectivity index (χ2v) is 11.3. The van der Waals surface area contributed by atoms with Crippen LogP contribution < -0.4 is 27.3 Å². The highest BCUT2D eigenvalue weighted by Crippen LogP contribution is 2.26. The summed E-state index contributed by atoms with van der Waals surface area (Å²) in [4.78, 5) is 29.8. The highest BCUT2D eigenvalue weighted by molar-refractivity contribution is 7.11. The molecule has 0 bridgehead atoms. The molecule has 6 heteroatoms. The van der Waals surface area contributed by atoms with Gasteiger partial charge < -0.3 is 22.3 Å². The Morgan fingerprint density at radius 1 is 0.889 bits per heavy atom. The van der Waals surface area contributed by atoms with Gasteiger partial charge in [-0.15, -0.1) is 0 Å². The first kappa shape index (κ1) is 30.7. The number of rotatable bonds is 17. The average molecular weight is 578 g/mol. The number of carbonyl (C=O) groups excluding carboxylic acids is 2. The number of amides is 1. The van der Waals surface area contributed by atoms with Crippen molar-refractivity contribution >= 4 is 28.7 Å². The van der Waals surface area contributed by atoms with Crippen LogP contribution in [0.4, 0.5) is 5.69 Å². The minimum Gasteiger partial charge on any atom is -1.00 e. The number of anilines is 1. The van der Waals surface area contributed by atoms with E-state index in [9.17, 15) is 9.59 Å². The molecule has 0 saturated heterocycles. The van der Waals surface area contributed by atoms with E-state index in [0.29, 0.717) is 19.3 Å². The molecule has 1 aliphatic heterocycles. The molecule has 3 rings (SSSR count). The van der Waals surface area contributed by atoms with E-state index >= 15 is 0 Å². The maximum atomic E-state index is 13.1. The predicted molar refractivity (Wildman–Crippen MR) is 146 cm³/mol. The average Bonchev–Trinajstić information content (AvgIpc) is 3.24. The molecule has 4 nitrogen and oxygen atoms in total. The molecule has 0 atom stereocenters. The van der Waals surface area contributed by atoms with Gasteiger partial charge in [0.1, 0.15) is 6.42 Å². The fraction of sp³-hybridized carbons (Fsp3) is 0.633. The Labute approximate surface area is 232 Å². The standard InChI is InChI=1S/C30H44N2O2S.BrH/c1-3-5-7-9-11-13-15-26-28(16-14-12-10-8-6-4-2)35-30(32-26)22-27(33)24-17-19-25-23(21-24)18-20-29(34)31-25;/h17,19,21H,3-16,18,20,22H2,1-2H3,(H,31,34);1H. The molecule has 0 spiro atoms. The zero-order valence-electron chi connectivity index (χ0n) is 22.4. The predicted octanol–water partition coefficient (Wildman–Crippen LogP) is 4.68. The summed E-state index contributed by atoms with van der Waals surface area (Å²) in [5.74, 6) is 0.208. The number of hydrogen-bond acceptors (Lipinski definition) is 3. The minimum absolute atomic E-state index is 0. The highest BCUT2D eigenvalue weighted by atomic mass is 79.9. The maximum Gasteiger partial charge on any atom is 0.243 e. The first-order valence-electron chi connectivity index (χ1n) is 14.1. The van der Waals surface area contributed by atoms with E-state index in [1.807, 2.05) is 29.5 Å². The van der Waals surface area contributed by atoms with Crippen LogP contribution in [0.25, 0.3) is 0 Å². The molecule has 2 N–H and O–H groups in total. The number of fused-ring (bicyclic) bond motifs is 1. The van der Waals surface area contributed by atoms with E-state index in [0.717, 1.165) is 34.7 Å². The molecule has 1 amide bonds. The van der Waals surface area contributed by atoms with Crippen LogP contribution in [-0.4, -0.2) is 11.7 Å². The Bertz CT molecular complexity index is 923. The number of thiazole rings is 1. The van der Waals surface area contributed by atoms with Gasteiger partial charge in [0.05, 0.1) is 4.88 Å². The minimum atomic E-state index is 0. The van der Waals surface area contributed by atoms with Gasteiger partial charge in [-0.05, 0) is 49.4 Å². The first-order valence-corrected chi connectivity index (χ1v) is 14.9. The molecular formula is C30H45BrN2O2S. The van der Waals surface area contributed by atoms with Gasteiger partial charge in [0.2, 0.25) is 10.9 Å². The number of nitrogens with one attached hydrogen (secondary N) is 2. The topological polar surface area (TPSA) is 60.3 Å². The number of aryl methyl sites for hydroxylation is 3. The van der Waals surface area contributed by atoms with Crippen LogP contribution in [0.1, 0.15) is 129 Å². The smallest absolute Gasteiger partial charge is 0.243 e. The lowest BCUT2D eigenvalue weighted by Gasteiger charge is -2.17. The Hall–Kier alpha value is -1.53. The number of ketones is 1. The first-order chi connectivity index (χ1) is 17.1. The molecule has 0 aliphatic carbocycles. The summed E-state index contributed by atoms with van der Waals surface area (Å²) in [6.07, 6.45) is 19.5. The Kier molecular flexibility index (Phi) is 14.6. The summed E-state index contributed by atoms with van der Waals surface area (Å²) in [6, 6.07) is 5.71. The lowest BCUT2D eigenvalue weighted by atomic mass is 9.98. The molecule has 0 saturated carbocycles. The number of halogens is 1. The van der Waals surface area contributed by atoms with Crippen molar-refractivity contribution in [1.29, 1.82) is 0 Å². The quantitative estimate of drug-likeness (QED) is 0.219. The van der Waals surface area contributed by atoms with Gasteiger partial charge in [-0.25, -0.2) is 4.98 Å². The number of H-pyrrole nitrogens is 1. The summed E-state index contributed by atoms with van der Waals surface area (Å²) < 4.78 is 0. The highest BCUT2D eigenvalue weighted by Gasteiger charge is 2.22. The van der Waals surface area contributed by atoms with Crippen molar-refractivity contribution in [2.45, 2.75) is 123 Å².